The van der Waals surface area contributed by atoms with Gasteiger partial charge in [0.25, 0.3) is 5.91 Å². The smallest absolute Gasteiger partial charge is 0.267 e. The van der Waals surface area contributed by atoms with Gasteiger partial charge in [0, 0.05) is 36.0 Å². The maximum absolute atomic E-state index is 12.5. The third kappa shape index (κ3) is 3.45. The van der Waals surface area contributed by atoms with Crippen molar-refractivity contribution < 1.29 is 9.59 Å². The van der Waals surface area contributed by atoms with Crippen molar-refractivity contribution in [1.82, 2.24) is 15.2 Å². The molecule has 128 valence electrons. The molecule has 2 amide bonds. The number of hydrogen-bond donors (Lipinski definition) is 2. The Hall–Kier alpha value is -2.30. The number of aromatic nitrogens is 1. The van der Waals surface area contributed by atoms with Crippen LogP contribution in [0.2, 0.25) is 0 Å². The van der Waals surface area contributed by atoms with E-state index in [1.165, 1.54) is 5.56 Å². The van der Waals surface area contributed by atoms with Crippen molar-refractivity contribution >= 4 is 22.7 Å². The van der Waals surface area contributed by atoms with Crippen LogP contribution in [-0.2, 0) is 4.79 Å². The van der Waals surface area contributed by atoms with E-state index in [0.29, 0.717) is 18.8 Å². The molecule has 0 bridgehead atoms. The maximum Gasteiger partial charge on any atom is 0.267 e. The van der Waals surface area contributed by atoms with Crippen molar-refractivity contribution in [1.29, 1.82) is 0 Å². The van der Waals surface area contributed by atoms with Gasteiger partial charge in [0.1, 0.15) is 5.69 Å². The molecule has 0 spiro atoms. The lowest BCUT2D eigenvalue weighted by Gasteiger charge is -2.33. The largest absolute Gasteiger partial charge is 0.351 e. The van der Waals surface area contributed by atoms with Gasteiger partial charge in [-0.1, -0.05) is 26.0 Å². The van der Waals surface area contributed by atoms with Crippen molar-refractivity contribution in [3.8, 4) is 0 Å². The summed E-state index contributed by atoms with van der Waals surface area (Å²) in [5.74, 6) is 0.161. The lowest BCUT2D eigenvalue weighted by Crippen LogP contribution is -2.47. The number of benzene rings is 1. The fraction of sp³-hybridized carbons (Fsp3) is 0.474. The molecule has 1 aliphatic heterocycles. The molecule has 1 aliphatic rings. The van der Waals surface area contributed by atoms with Crippen LogP contribution in [0, 0.1) is 12.8 Å². The summed E-state index contributed by atoms with van der Waals surface area (Å²) in [5, 5.41) is 4.14. The Balaban J connectivity index is 1.60. The van der Waals surface area contributed by atoms with Gasteiger partial charge >= 0.3 is 0 Å². The summed E-state index contributed by atoms with van der Waals surface area (Å²) in [6.07, 6.45) is 1.62. The number of carbonyl (C=O) groups is 2. The molecule has 1 aromatic heterocycles. The van der Waals surface area contributed by atoms with E-state index in [-0.39, 0.29) is 23.8 Å². The van der Waals surface area contributed by atoms with E-state index in [2.05, 4.69) is 10.3 Å². The van der Waals surface area contributed by atoms with Gasteiger partial charge in [-0.2, -0.15) is 0 Å². The highest BCUT2D eigenvalue weighted by Crippen LogP contribution is 2.18. The first kappa shape index (κ1) is 16.6. The summed E-state index contributed by atoms with van der Waals surface area (Å²) in [4.78, 5) is 29.6. The van der Waals surface area contributed by atoms with Gasteiger partial charge in [0.15, 0.2) is 0 Å². The molecule has 2 aromatic rings. The van der Waals surface area contributed by atoms with E-state index in [0.717, 1.165) is 23.7 Å². The monoisotopic (exact) mass is 327 g/mol. The number of nitrogens with zero attached hydrogens (tertiary/aromatic N) is 1. The number of aromatic amines is 1. The molecular weight excluding hydrogens is 302 g/mol. The van der Waals surface area contributed by atoms with E-state index in [4.69, 9.17) is 0 Å². The van der Waals surface area contributed by atoms with Crippen LogP contribution < -0.4 is 5.32 Å². The number of piperidine rings is 1. The molecule has 0 saturated carbocycles. The summed E-state index contributed by atoms with van der Waals surface area (Å²) in [5.41, 5.74) is 2.74. The molecular formula is C19H25N3O2. The second-order valence-corrected chi connectivity index (χ2v) is 7.00. The zero-order valence-electron chi connectivity index (χ0n) is 14.6. The Morgan fingerprint density at radius 2 is 1.92 bits per heavy atom. The van der Waals surface area contributed by atoms with Gasteiger partial charge in [-0.3, -0.25) is 9.59 Å². The van der Waals surface area contributed by atoms with Gasteiger partial charge in [0.2, 0.25) is 5.91 Å². The number of rotatable bonds is 3. The molecule has 1 aromatic carbocycles. The summed E-state index contributed by atoms with van der Waals surface area (Å²) >= 11 is 0. The number of fused-ring (bicyclic) bond motifs is 1. The second kappa shape index (κ2) is 6.67. The third-order valence-electron chi connectivity index (χ3n) is 4.66. The van der Waals surface area contributed by atoms with E-state index in [9.17, 15) is 9.59 Å². The van der Waals surface area contributed by atoms with Gasteiger partial charge in [-0.15, -0.1) is 0 Å². The van der Waals surface area contributed by atoms with Crippen LogP contribution in [-0.4, -0.2) is 40.8 Å². The Morgan fingerprint density at radius 3 is 2.58 bits per heavy atom. The molecule has 2 N–H and O–H groups in total. The molecule has 5 nitrogen and oxygen atoms in total. The Bertz CT molecular complexity index is 755. The Kier molecular flexibility index (Phi) is 4.60. The zero-order valence-corrected chi connectivity index (χ0v) is 14.6. The first-order chi connectivity index (χ1) is 11.4. The predicted octanol–water partition coefficient (Wildman–Crippen LogP) is 2.85. The summed E-state index contributed by atoms with van der Waals surface area (Å²) in [6.45, 7) is 7.32. The predicted molar refractivity (Wildman–Crippen MR) is 94.9 cm³/mol. The second-order valence-electron chi connectivity index (χ2n) is 7.00. The highest BCUT2D eigenvalue weighted by Gasteiger charge is 2.25. The lowest BCUT2D eigenvalue weighted by atomic mass is 10.0. The van der Waals surface area contributed by atoms with E-state index in [1.54, 1.807) is 0 Å². The Morgan fingerprint density at radius 1 is 1.21 bits per heavy atom. The third-order valence-corrected chi connectivity index (χ3v) is 4.66. The van der Waals surface area contributed by atoms with Gasteiger partial charge in [-0.05, 0) is 37.5 Å². The number of H-pyrrole nitrogens is 1. The zero-order chi connectivity index (χ0) is 17.3. The van der Waals surface area contributed by atoms with Crippen molar-refractivity contribution in [3.05, 3.63) is 35.5 Å². The quantitative estimate of drug-likeness (QED) is 0.910. The average Bonchev–Trinajstić information content (AvgIpc) is 2.98. The lowest BCUT2D eigenvalue weighted by molar-refractivity contribution is -0.135. The number of likely N-dealkylation sites (tertiary alicyclic amines) is 1. The molecule has 1 fully saturated rings. The molecule has 0 unspecified atom stereocenters. The number of hydrogen-bond acceptors (Lipinski definition) is 2. The average molecular weight is 327 g/mol. The number of amides is 2. The van der Waals surface area contributed by atoms with Gasteiger partial charge in [-0.25, -0.2) is 0 Å². The van der Waals surface area contributed by atoms with Crippen LogP contribution in [0.15, 0.2) is 24.3 Å². The van der Waals surface area contributed by atoms with E-state index < -0.39 is 0 Å². The first-order valence-electron chi connectivity index (χ1n) is 8.63. The number of carbonyl (C=O) groups excluding carboxylic acids is 2. The van der Waals surface area contributed by atoms with E-state index >= 15 is 0 Å². The molecule has 3 rings (SSSR count). The van der Waals surface area contributed by atoms with Crippen LogP contribution in [0.5, 0.6) is 0 Å². The molecule has 24 heavy (non-hydrogen) atoms. The fourth-order valence-corrected chi connectivity index (χ4v) is 3.24. The van der Waals surface area contributed by atoms with Gasteiger partial charge < -0.3 is 15.2 Å². The van der Waals surface area contributed by atoms with E-state index in [1.807, 2.05) is 49.9 Å². The summed E-state index contributed by atoms with van der Waals surface area (Å²) < 4.78 is 0. The molecule has 0 atom stereocenters. The topological polar surface area (TPSA) is 65.2 Å². The summed E-state index contributed by atoms with van der Waals surface area (Å²) in [7, 11) is 0. The molecule has 5 heteroatoms. The van der Waals surface area contributed by atoms with Crippen LogP contribution in [0.4, 0.5) is 0 Å². The number of aryl methyl sites for hydroxylation is 1. The minimum absolute atomic E-state index is 0.0333. The normalized spacial score (nSPS) is 15.9. The molecule has 1 saturated heterocycles. The van der Waals surface area contributed by atoms with Crippen molar-refractivity contribution in [2.45, 2.75) is 39.7 Å². The Labute approximate surface area is 142 Å². The first-order valence-corrected chi connectivity index (χ1v) is 8.63. The standard InChI is InChI=1S/C19H25N3O2/c1-12(2)19(24)22-8-6-15(7-9-22)20-18(23)17-11-14-5-4-13(3)10-16(14)21-17/h4-5,10-12,15,21H,6-9H2,1-3H3,(H,20,23). The van der Waals surface area contributed by atoms with Gasteiger partial charge in [0.05, 0.1) is 0 Å². The molecule has 0 aliphatic carbocycles. The van der Waals surface area contributed by atoms with Crippen LogP contribution in [0.1, 0.15) is 42.7 Å². The molecule has 0 radical (unpaired) electrons. The van der Waals surface area contributed by atoms with Crippen LogP contribution >= 0.6 is 0 Å². The van der Waals surface area contributed by atoms with Crippen LogP contribution in [0.3, 0.4) is 0 Å². The summed E-state index contributed by atoms with van der Waals surface area (Å²) in [6, 6.07) is 8.12. The van der Waals surface area contributed by atoms with Crippen molar-refractivity contribution in [2.75, 3.05) is 13.1 Å². The highest BCUT2D eigenvalue weighted by atomic mass is 16.2. The number of nitrogens with one attached hydrogen (secondary N) is 2. The SMILES string of the molecule is Cc1ccc2cc(C(=O)NC3CCN(C(=O)C(C)C)CC3)[nH]c2c1. The fourth-order valence-electron chi connectivity index (χ4n) is 3.24. The maximum atomic E-state index is 12.5. The van der Waals surface area contributed by atoms with Crippen molar-refractivity contribution in [3.63, 3.8) is 0 Å². The minimum atomic E-state index is -0.0718. The molecule has 2 heterocycles. The van der Waals surface area contributed by atoms with Crippen LogP contribution in [0.25, 0.3) is 10.9 Å². The minimum Gasteiger partial charge on any atom is -0.351 e. The van der Waals surface area contributed by atoms with Crippen molar-refractivity contribution in [2.24, 2.45) is 5.92 Å². The highest BCUT2D eigenvalue weighted by molar-refractivity contribution is 5.98.